The van der Waals surface area contributed by atoms with Crippen LogP contribution in [0, 0.1) is 5.92 Å². The Balaban J connectivity index is 1.36. The molecule has 1 saturated heterocycles. The van der Waals surface area contributed by atoms with E-state index in [4.69, 9.17) is 13.6 Å². The van der Waals surface area contributed by atoms with Gasteiger partial charge in [0.15, 0.2) is 0 Å². The van der Waals surface area contributed by atoms with Crippen molar-refractivity contribution >= 4 is 17.7 Å². The lowest BCUT2D eigenvalue weighted by atomic mass is 10.1. The Bertz CT molecular complexity index is 898. The number of hydrogen-bond donors (Lipinski definition) is 0. The van der Waals surface area contributed by atoms with E-state index in [9.17, 15) is 9.59 Å². The fourth-order valence-corrected chi connectivity index (χ4v) is 3.72. The van der Waals surface area contributed by atoms with Gasteiger partial charge < -0.3 is 18.5 Å². The summed E-state index contributed by atoms with van der Waals surface area (Å²) in [7, 11) is 0. The molecule has 2 aliphatic rings. The Morgan fingerprint density at radius 2 is 1.87 bits per heavy atom. The zero-order valence-electron chi connectivity index (χ0n) is 17.9. The highest BCUT2D eigenvalue weighted by Crippen LogP contribution is 2.33. The highest BCUT2D eigenvalue weighted by molar-refractivity contribution is 6.01. The van der Waals surface area contributed by atoms with Crippen LogP contribution in [0.25, 0.3) is 0 Å². The number of carbonyl (C=O) groups is 2. The lowest BCUT2D eigenvalue weighted by molar-refractivity contribution is -0.135. The maximum atomic E-state index is 13.1. The average Bonchev–Trinajstić information content (AvgIpc) is 3.53. The van der Waals surface area contributed by atoms with Gasteiger partial charge in [0.25, 0.3) is 5.91 Å². The molecule has 1 fully saturated rings. The summed E-state index contributed by atoms with van der Waals surface area (Å²) in [6.45, 7) is 6.93. The lowest BCUT2D eigenvalue weighted by Crippen LogP contribution is -2.51. The van der Waals surface area contributed by atoms with Crippen LogP contribution in [-0.4, -0.2) is 71.9 Å². The van der Waals surface area contributed by atoms with Crippen LogP contribution in [0.1, 0.15) is 37.8 Å². The third-order valence-corrected chi connectivity index (χ3v) is 5.37. The van der Waals surface area contributed by atoms with Crippen LogP contribution in [0.15, 0.2) is 50.7 Å². The van der Waals surface area contributed by atoms with Crippen molar-refractivity contribution in [1.29, 1.82) is 0 Å². The number of nitrogens with zero attached hydrogens (tertiary/aromatic N) is 4. The van der Waals surface area contributed by atoms with Crippen LogP contribution in [0.5, 0.6) is 0 Å². The molecule has 1 unspecified atom stereocenters. The molecule has 4 heterocycles. The minimum Gasteiger partial charge on any atom is -0.467 e. The predicted molar refractivity (Wildman–Crippen MR) is 112 cm³/mol. The summed E-state index contributed by atoms with van der Waals surface area (Å²) in [6.07, 6.45) is 3.43. The summed E-state index contributed by atoms with van der Waals surface area (Å²) >= 11 is 0. The fraction of sp³-hybridized carbons (Fsp3) is 0.500. The highest BCUT2D eigenvalue weighted by atomic mass is 16.6. The number of amides is 2. The van der Waals surface area contributed by atoms with Gasteiger partial charge >= 0.3 is 6.09 Å². The maximum absolute atomic E-state index is 13.1. The largest absolute Gasteiger partial charge is 0.467 e. The third-order valence-electron chi connectivity index (χ3n) is 5.37. The molecule has 9 heteroatoms. The standard InChI is InChI=1S/C22H28N4O5/c1-16(2)15-31-22(28)25-9-7-24(8-10-25)14-21(27)26-18(20-6-4-12-30-20)13-17(23-26)19-5-3-11-29-19/h3-6,11-12,16,18H,7-10,13-15H2,1-2H3. The summed E-state index contributed by atoms with van der Waals surface area (Å²) < 4.78 is 16.3. The van der Waals surface area contributed by atoms with Gasteiger partial charge in [-0.1, -0.05) is 13.8 Å². The van der Waals surface area contributed by atoms with E-state index < -0.39 is 0 Å². The van der Waals surface area contributed by atoms with E-state index in [1.54, 1.807) is 29.6 Å². The van der Waals surface area contributed by atoms with Gasteiger partial charge in [0.2, 0.25) is 0 Å². The normalized spacial score (nSPS) is 19.7. The Morgan fingerprint density at radius 1 is 1.13 bits per heavy atom. The first-order valence-electron chi connectivity index (χ1n) is 10.6. The molecule has 2 aromatic rings. The minimum atomic E-state index is -0.296. The molecule has 0 N–H and O–H groups in total. The molecular weight excluding hydrogens is 400 g/mol. The monoisotopic (exact) mass is 428 g/mol. The first-order valence-corrected chi connectivity index (χ1v) is 10.6. The molecule has 31 heavy (non-hydrogen) atoms. The topological polar surface area (TPSA) is 91.7 Å². The van der Waals surface area contributed by atoms with Gasteiger partial charge in [0.05, 0.1) is 25.7 Å². The van der Waals surface area contributed by atoms with Gasteiger partial charge in [-0.3, -0.25) is 9.69 Å². The van der Waals surface area contributed by atoms with Crippen LogP contribution in [0.4, 0.5) is 4.79 Å². The fourth-order valence-electron chi connectivity index (χ4n) is 3.72. The predicted octanol–water partition coefficient (Wildman–Crippen LogP) is 2.96. The Labute approximate surface area is 181 Å². The van der Waals surface area contributed by atoms with Crippen molar-refractivity contribution in [3.63, 3.8) is 0 Å². The van der Waals surface area contributed by atoms with Crippen LogP contribution in [-0.2, 0) is 9.53 Å². The van der Waals surface area contributed by atoms with E-state index in [0.29, 0.717) is 56.6 Å². The zero-order valence-corrected chi connectivity index (χ0v) is 17.9. The van der Waals surface area contributed by atoms with Gasteiger partial charge in [-0.2, -0.15) is 5.10 Å². The maximum Gasteiger partial charge on any atom is 0.409 e. The Morgan fingerprint density at radius 3 is 2.52 bits per heavy atom. The number of ether oxygens (including phenoxy) is 1. The molecule has 9 nitrogen and oxygen atoms in total. The second-order valence-electron chi connectivity index (χ2n) is 8.23. The molecule has 2 aromatic heterocycles. The van der Waals surface area contributed by atoms with E-state index >= 15 is 0 Å². The molecule has 166 valence electrons. The van der Waals surface area contributed by atoms with Crippen molar-refractivity contribution in [2.45, 2.75) is 26.3 Å². The van der Waals surface area contributed by atoms with Crippen LogP contribution < -0.4 is 0 Å². The summed E-state index contributed by atoms with van der Waals surface area (Å²) in [5.74, 6) is 1.53. The van der Waals surface area contributed by atoms with E-state index in [1.165, 1.54) is 5.01 Å². The van der Waals surface area contributed by atoms with Gasteiger partial charge in [-0.25, -0.2) is 9.80 Å². The van der Waals surface area contributed by atoms with Crippen molar-refractivity contribution in [3.05, 3.63) is 48.3 Å². The zero-order chi connectivity index (χ0) is 21.8. The summed E-state index contributed by atoms with van der Waals surface area (Å²) in [4.78, 5) is 29.0. The van der Waals surface area contributed by atoms with Crippen molar-refractivity contribution < 1.29 is 23.2 Å². The second kappa shape index (κ2) is 9.38. The summed E-state index contributed by atoms with van der Waals surface area (Å²) in [5.41, 5.74) is 0.720. The smallest absolute Gasteiger partial charge is 0.409 e. The second-order valence-corrected chi connectivity index (χ2v) is 8.23. The molecule has 0 aromatic carbocycles. The van der Waals surface area contributed by atoms with Crippen molar-refractivity contribution in [3.8, 4) is 0 Å². The van der Waals surface area contributed by atoms with Gasteiger partial charge in [-0.05, 0) is 30.2 Å². The Hall–Kier alpha value is -3.07. The van der Waals surface area contributed by atoms with Crippen molar-refractivity contribution in [2.75, 3.05) is 39.3 Å². The van der Waals surface area contributed by atoms with Crippen LogP contribution in [0.3, 0.4) is 0 Å². The molecule has 0 aliphatic carbocycles. The molecular formula is C22H28N4O5. The molecule has 1 atom stereocenters. The quantitative estimate of drug-likeness (QED) is 0.703. The van der Waals surface area contributed by atoms with Crippen LogP contribution in [0.2, 0.25) is 0 Å². The SMILES string of the molecule is CC(C)COC(=O)N1CCN(CC(=O)N2N=C(c3ccco3)CC2c2ccco2)CC1. The first-order chi connectivity index (χ1) is 15.0. The van der Waals surface area contributed by atoms with E-state index in [-0.39, 0.29) is 24.6 Å². The lowest BCUT2D eigenvalue weighted by Gasteiger charge is -2.34. The average molecular weight is 428 g/mol. The van der Waals surface area contributed by atoms with Crippen LogP contribution >= 0.6 is 0 Å². The van der Waals surface area contributed by atoms with Gasteiger partial charge in [-0.15, -0.1) is 0 Å². The number of hydrogen-bond acceptors (Lipinski definition) is 7. The van der Waals surface area contributed by atoms with E-state index in [0.717, 1.165) is 5.71 Å². The summed E-state index contributed by atoms with van der Waals surface area (Å²) in [5, 5.41) is 6.05. The van der Waals surface area contributed by atoms with E-state index in [2.05, 4.69) is 5.10 Å². The number of furan rings is 2. The molecule has 2 aliphatic heterocycles. The number of hydrazone groups is 1. The van der Waals surface area contributed by atoms with Gasteiger partial charge in [0, 0.05) is 32.6 Å². The first kappa shape index (κ1) is 21.2. The molecule has 4 rings (SSSR count). The third kappa shape index (κ3) is 4.99. The van der Waals surface area contributed by atoms with Crippen molar-refractivity contribution in [1.82, 2.24) is 14.8 Å². The molecule has 2 amide bonds. The number of carbonyl (C=O) groups excluding carboxylic acids is 2. The minimum absolute atomic E-state index is 0.112. The molecule has 0 saturated carbocycles. The molecule has 0 spiro atoms. The van der Waals surface area contributed by atoms with Gasteiger partial charge in [0.1, 0.15) is 23.3 Å². The molecule has 0 radical (unpaired) electrons. The Kier molecular flexibility index (Phi) is 6.41. The molecule has 0 bridgehead atoms. The summed E-state index contributed by atoms with van der Waals surface area (Å²) in [6, 6.07) is 7.00. The van der Waals surface area contributed by atoms with E-state index in [1.807, 2.05) is 30.9 Å². The van der Waals surface area contributed by atoms with Crippen molar-refractivity contribution in [2.24, 2.45) is 11.0 Å². The number of rotatable bonds is 6. The number of piperazine rings is 1. The highest BCUT2D eigenvalue weighted by Gasteiger charge is 2.36.